The van der Waals surface area contributed by atoms with Crippen LogP contribution in [0.25, 0.3) is 5.70 Å². The average molecular weight is 188 g/mol. The standard InChI is InChI=1S/C12H16N2/c1-10-11(6-5-8-13-10)12-7-3-4-9-14(12)2/h5-8H,3-4,9H2,1-2H3. The molecule has 0 spiro atoms. The summed E-state index contributed by atoms with van der Waals surface area (Å²) in [6, 6.07) is 4.15. The Bertz CT molecular complexity index is 355. The number of aromatic nitrogens is 1. The molecule has 0 aliphatic carbocycles. The number of hydrogen-bond acceptors (Lipinski definition) is 2. The molecule has 0 fully saturated rings. The van der Waals surface area contributed by atoms with Gasteiger partial charge in [0.15, 0.2) is 0 Å². The topological polar surface area (TPSA) is 16.1 Å². The minimum Gasteiger partial charge on any atom is -0.374 e. The summed E-state index contributed by atoms with van der Waals surface area (Å²) in [5.74, 6) is 0. The van der Waals surface area contributed by atoms with Gasteiger partial charge < -0.3 is 4.90 Å². The van der Waals surface area contributed by atoms with Crippen LogP contribution in [0.4, 0.5) is 0 Å². The smallest absolute Gasteiger partial charge is 0.0465 e. The fourth-order valence-corrected chi connectivity index (χ4v) is 1.91. The Morgan fingerprint density at radius 2 is 2.29 bits per heavy atom. The number of nitrogens with zero attached hydrogens (tertiary/aromatic N) is 2. The van der Waals surface area contributed by atoms with Crippen LogP contribution in [-0.4, -0.2) is 23.5 Å². The Morgan fingerprint density at radius 3 is 3.00 bits per heavy atom. The zero-order chi connectivity index (χ0) is 9.97. The van der Waals surface area contributed by atoms with Gasteiger partial charge >= 0.3 is 0 Å². The maximum atomic E-state index is 4.32. The van der Waals surface area contributed by atoms with E-state index in [0.717, 1.165) is 12.2 Å². The maximum absolute atomic E-state index is 4.32. The molecule has 2 heterocycles. The van der Waals surface area contributed by atoms with Gasteiger partial charge in [-0.05, 0) is 31.9 Å². The third-order valence-corrected chi connectivity index (χ3v) is 2.73. The van der Waals surface area contributed by atoms with Crippen LogP contribution in [0.2, 0.25) is 0 Å². The Hall–Kier alpha value is -1.31. The fraction of sp³-hybridized carbons (Fsp3) is 0.417. The van der Waals surface area contributed by atoms with Gasteiger partial charge in [-0.1, -0.05) is 6.08 Å². The predicted molar refractivity (Wildman–Crippen MR) is 58.8 cm³/mol. The van der Waals surface area contributed by atoms with Crippen LogP contribution in [0.3, 0.4) is 0 Å². The molecule has 0 aromatic carbocycles. The molecule has 2 nitrogen and oxygen atoms in total. The number of rotatable bonds is 1. The van der Waals surface area contributed by atoms with E-state index in [0.29, 0.717) is 0 Å². The Labute approximate surface area is 85.3 Å². The van der Waals surface area contributed by atoms with Crippen molar-refractivity contribution in [2.75, 3.05) is 13.6 Å². The van der Waals surface area contributed by atoms with Gasteiger partial charge in [0.2, 0.25) is 0 Å². The summed E-state index contributed by atoms with van der Waals surface area (Å²) in [6.07, 6.45) is 6.61. The zero-order valence-electron chi connectivity index (χ0n) is 8.83. The molecule has 0 saturated heterocycles. The van der Waals surface area contributed by atoms with E-state index in [1.54, 1.807) is 0 Å². The van der Waals surface area contributed by atoms with Crippen molar-refractivity contribution >= 4 is 5.70 Å². The van der Waals surface area contributed by atoms with Gasteiger partial charge in [0.05, 0.1) is 0 Å². The lowest BCUT2D eigenvalue weighted by Crippen LogP contribution is -2.21. The highest BCUT2D eigenvalue weighted by molar-refractivity contribution is 5.65. The Kier molecular flexibility index (Phi) is 2.53. The molecule has 2 heteroatoms. The van der Waals surface area contributed by atoms with Gasteiger partial charge in [0.25, 0.3) is 0 Å². The first-order chi connectivity index (χ1) is 6.79. The van der Waals surface area contributed by atoms with Crippen molar-refractivity contribution in [1.29, 1.82) is 0 Å². The van der Waals surface area contributed by atoms with Crippen LogP contribution < -0.4 is 0 Å². The van der Waals surface area contributed by atoms with E-state index in [9.17, 15) is 0 Å². The van der Waals surface area contributed by atoms with E-state index in [-0.39, 0.29) is 0 Å². The third kappa shape index (κ3) is 1.65. The van der Waals surface area contributed by atoms with Crippen molar-refractivity contribution in [2.45, 2.75) is 19.8 Å². The molecule has 14 heavy (non-hydrogen) atoms. The SMILES string of the molecule is Cc1ncccc1C1=CCCCN1C. The van der Waals surface area contributed by atoms with Crippen molar-refractivity contribution in [1.82, 2.24) is 9.88 Å². The van der Waals surface area contributed by atoms with Crippen molar-refractivity contribution in [2.24, 2.45) is 0 Å². The maximum Gasteiger partial charge on any atom is 0.0465 e. The summed E-state index contributed by atoms with van der Waals surface area (Å²) in [5, 5.41) is 0. The molecule has 0 unspecified atom stereocenters. The van der Waals surface area contributed by atoms with Crippen LogP contribution in [0.5, 0.6) is 0 Å². The van der Waals surface area contributed by atoms with E-state index >= 15 is 0 Å². The summed E-state index contributed by atoms with van der Waals surface area (Å²) in [6.45, 7) is 3.22. The minimum atomic E-state index is 1.12. The van der Waals surface area contributed by atoms with Crippen molar-refractivity contribution in [3.05, 3.63) is 35.7 Å². The second-order valence-corrected chi connectivity index (χ2v) is 3.79. The second-order valence-electron chi connectivity index (χ2n) is 3.79. The minimum absolute atomic E-state index is 1.12. The molecule has 0 N–H and O–H groups in total. The highest BCUT2D eigenvalue weighted by Crippen LogP contribution is 2.24. The molecule has 0 bridgehead atoms. The molecule has 0 radical (unpaired) electrons. The first-order valence-electron chi connectivity index (χ1n) is 5.12. The number of pyridine rings is 1. The third-order valence-electron chi connectivity index (χ3n) is 2.73. The molecule has 74 valence electrons. The summed E-state index contributed by atoms with van der Waals surface area (Å²) < 4.78 is 0. The Morgan fingerprint density at radius 1 is 1.43 bits per heavy atom. The Balaban J connectivity index is 2.39. The van der Waals surface area contributed by atoms with Crippen molar-refractivity contribution < 1.29 is 0 Å². The van der Waals surface area contributed by atoms with Crippen LogP contribution in [0.1, 0.15) is 24.1 Å². The molecule has 2 rings (SSSR count). The number of allylic oxidation sites excluding steroid dienone is 1. The lowest BCUT2D eigenvalue weighted by Gasteiger charge is -2.27. The van der Waals surface area contributed by atoms with E-state index in [1.807, 2.05) is 12.3 Å². The quantitative estimate of drug-likeness (QED) is 0.673. The largest absolute Gasteiger partial charge is 0.374 e. The average Bonchev–Trinajstić information content (AvgIpc) is 2.20. The molecule has 1 aromatic rings. The molecule has 1 aromatic heterocycles. The van der Waals surface area contributed by atoms with E-state index < -0.39 is 0 Å². The highest BCUT2D eigenvalue weighted by Gasteiger charge is 2.12. The van der Waals surface area contributed by atoms with Gasteiger partial charge in [0, 0.05) is 36.7 Å². The monoisotopic (exact) mass is 188 g/mol. The van der Waals surface area contributed by atoms with Crippen molar-refractivity contribution in [3.63, 3.8) is 0 Å². The lowest BCUT2D eigenvalue weighted by atomic mass is 10.0. The van der Waals surface area contributed by atoms with Gasteiger partial charge in [-0.25, -0.2) is 0 Å². The van der Waals surface area contributed by atoms with E-state index in [4.69, 9.17) is 0 Å². The molecule has 1 aliphatic heterocycles. The normalized spacial score (nSPS) is 16.7. The summed E-state index contributed by atoms with van der Waals surface area (Å²) in [7, 11) is 2.15. The summed E-state index contributed by atoms with van der Waals surface area (Å²) >= 11 is 0. The fourth-order valence-electron chi connectivity index (χ4n) is 1.91. The number of hydrogen-bond donors (Lipinski definition) is 0. The van der Waals surface area contributed by atoms with Gasteiger partial charge in [-0.2, -0.15) is 0 Å². The molecule has 0 atom stereocenters. The van der Waals surface area contributed by atoms with Crippen LogP contribution >= 0.6 is 0 Å². The molecular weight excluding hydrogens is 172 g/mol. The van der Waals surface area contributed by atoms with Gasteiger partial charge in [0.1, 0.15) is 0 Å². The number of aryl methyl sites for hydroxylation is 1. The first-order valence-corrected chi connectivity index (χ1v) is 5.12. The molecule has 0 saturated carbocycles. The first kappa shape index (κ1) is 9.25. The van der Waals surface area contributed by atoms with E-state index in [2.05, 4.69) is 36.0 Å². The van der Waals surface area contributed by atoms with Crippen molar-refractivity contribution in [3.8, 4) is 0 Å². The van der Waals surface area contributed by atoms with E-state index in [1.165, 1.54) is 24.1 Å². The zero-order valence-corrected chi connectivity index (χ0v) is 8.83. The van der Waals surface area contributed by atoms with Crippen LogP contribution in [-0.2, 0) is 0 Å². The lowest BCUT2D eigenvalue weighted by molar-refractivity contribution is 0.449. The molecule has 0 amide bonds. The highest BCUT2D eigenvalue weighted by atomic mass is 15.1. The predicted octanol–water partition coefficient (Wildman–Crippen LogP) is 2.46. The summed E-state index contributed by atoms with van der Waals surface area (Å²) in [4.78, 5) is 6.63. The van der Waals surface area contributed by atoms with Gasteiger partial charge in [-0.15, -0.1) is 0 Å². The summed E-state index contributed by atoms with van der Waals surface area (Å²) in [5.41, 5.74) is 3.73. The van der Waals surface area contributed by atoms with Crippen LogP contribution in [0.15, 0.2) is 24.4 Å². The second kappa shape index (κ2) is 3.82. The molecule has 1 aliphatic rings. The van der Waals surface area contributed by atoms with Crippen LogP contribution in [0, 0.1) is 6.92 Å². The molecular formula is C12H16N2. The van der Waals surface area contributed by atoms with Gasteiger partial charge in [-0.3, -0.25) is 4.98 Å².